The number of ether oxygens (including phenoxy) is 1. The van der Waals surface area contributed by atoms with E-state index in [9.17, 15) is 20.2 Å². The van der Waals surface area contributed by atoms with Crippen molar-refractivity contribution >= 4 is 50.8 Å². The Bertz CT molecular complexity index is 1230. The number of nitro groups is 1. The van der Waals surface area contributed by atoms with Crippen LogP contribution in [0, 0.1) is 21.4 Å². The molecule has 0 unspecified atom stereocenters. The number of allylic oxidation sites excluding steroid dienone is 1. The van der Waals surface area contributed by atoms with Crippen LogP contribution < -0.4 is 4.74 Å². The van der Waals surface area contributed by atoms with Crippen molar-refractivity contribution in [2.75, 3.05) is 0 Å². The van der Waals surface area contributed by atoms with Gasteiger partial charge in [0.25, 0.3) is 5.69 Å². The van der Waals surface area contributed by atoms with Crippen molar-refractivity contribution in [3.05, 3.63) is 103 Å². The molecule has 0 spiro atoms. The number of carbonyl (C=O) groups is 1. The Hall–Kier alpha value is -3.67. The van der Waals surface area contributed by atoms with Crippen LogP contribution in [0.3, 0.4) is 0 Å². The minimum absolute atomic E-state index is 0.00463. The van der Waals surface area contributed by atoms with Crippen LogP contribution >= 0.6 is 27.5 Å². The number of aromatic carboxylic acids is 1. The summed E-state index contributed by atoms with van der Waals surface area (Å²) in [6.07, 6.45) is 1.63. The highest BCUT2D eigenvalue weighted by molar-refractivity contribution is 9.10. The van der Waals surface area contributed by atoms with Gasteiger partial charge in [-0.05, 0) is 75.1 Å². The van der Waals surface area contributed by atoms with Crippen molar-refractivity contribution in [3.8, 4) is 11.8 Å². The third kappa shape index (κ3) is 5.52. The second kappa shape index (κ2) is 10.1. The number of nitriles is 1. The lowest BCUT2D eigenvalue weighted by molar-refractivity contribution is -0.384. The number of hydrogen-bond acceptors (Lipinski definition) is 5. The lowest BCUT2D eigenvalue weighted by Gasteiger charge is -2.11. The normalized spacial score (nSPS) is 11.0. The highest BCUT2D eigenvalue weighted by Crippen LogP contribution is 2.36. The highest BCUT2D eigenvalue weighted by atomic mass is 79.9. The van der Waals surface area contributed by atoms with Gasteiger partial charge in [0.2, 0.25) is 0 Å². The number of rotatable bonds is 7. The topological polar surface area (TPSA) is 113 Å². The molecule has 1 N–H and O–H groups in total. The van der Waals surface area contributed by atoms with Crippen LogP contribution in [0.4, 0.5) is 5.69 Å². The number of nitro benzene ring substituents is 1. The summed E-state index contributed by atoms with van der Waals surface area (Å²) < 4.78 is 6.34. The van der Waals surface area contributed by atoms with Crippen molar-refractivity contribution in [2.24, 2.45) is 0 Å². The first-order valence-electron chi connectivity index (χ1n) is 9.09. The van der Waals surface area contributed by atoms with E-state index in [1.165, 1.54) is 24.3 Å². The van der Waals surface area contributed by atoms with E-state index in [4.69, 9.17) is 21.4 Å². The number of halogens is 2. The molecule has 0 aliphatic heterocycles. The van der Waals surface area contributed by atoms with Crippen LogP contribution in [0.15, 0.2) is 65.1 Å². The quantitative estimate of drug-likeness (QED) is 0.170. The molecule has 0 aliphatic rings. The second-order valence-electron chi connectivity index (χ2n) is 6.58. The van der Waals surface area contributed by atoms with Gasteiger partial charge in [0.1, 0.15) is 6.61 Å². The molecule has 160 valence electrons. The van der Waals surface area contributed by atoms with E-state index in [-0.39, 0.29) is 17.9 Å². The molecule has 0 saturated heterocycles. The predicted molar refractivity (Wildman–Crippen MR) is 123 cm³/mol. The van der Waals surface area contributed by atoms with Gasteiger partial charge in [-0.3, -0.25) is 10.1 Å². The van der Waals surface area contributed by atoms with E-state index in [2.05, 4.69) is 22.0 Å². The maximum absolute atomic E-state index is 11.0. The lowest BCUT2D eigenvalue weighted by Crippen LogP contribution is -1.98. The van der Waals surface area contributed by atoms with Crippen LogP contribution in [0.5, 0.6) is 5.75 Å². The zero-order valence-electron chi connectivity index (χ0n) is 16.3. The lowest BCUT2D eigenvalue weighted by atomic mass is 10.0. The smallest absolute Gasteiger partial charge is 0.335 e. The van der Waals surface area contributed by atoms with E-state index in [0.717, 1.165) is 5.56 Å². The Morgan fingerprint density at radius 3 is 2.31 bits per heavy atom. The minimum atomic E-state index is -1.04. The fourth-order valence-corrected chi connectivity index (χ4v) is 3.80. The number of non-ortho nitro benzene ring substituents is 1. The summed E-state index contributed by atoms with van der Waals surface area (Å²) in [4.78, 5) is 21.3. The molecule has 3 rings (SSSR count). The van der Waals surface area contributed by atoms with Gasteiger partial charge in [-0.1, -0.05) is 23.7 Å². The van der Waals surface area contributed by atoms with E-state index < -0.39 is 10.9 Å². The highest BCUT2D eigenvalue weighted by Gasteiger charge is 2.12. The zero-order chi connectivity index (χ0) is 23.3. The Morgan fingerprint density at radius 1 is 1.16 bits per heavy atom. The monoisotopic (exact) mass is 512 g/mol. The molecule has 0 heterocycles. The number of benzene rings is 3. The van der Waals surface area contributed by atoms with Crippen molar-refractivity contribution in [1.82, 2.24) is 0 Å². The molecular weight excluding hydrogens is 500 g/mol. The third-order valence-corrected chi connectivity index (χ3v) is 5.30. The van der Waals surface area contributed by atoms with Crippen LogP contribution in [0.25, 0.3) is 11.6 Å². The molecule has 3 aromatic carbocycles. The van der Waals surface area contributed by atoms with Crippen LogP contribution in [-0.2, 0) is 6.61 Å². The van der Waals surface area contributed by atoms with Gasteiger partial charge in [0.05, 0.1) is 31.6 Å². The fourth-order valence-electron chi connectivity index (χ4n) is 2.81. The van der Waals surface area contributed by atoms with Gasteiger partial charge in [0, 0.05) is 12.1 Å². The zero-order valence-corrected chi connectivity index (χ0v) is 18.6. The summed E-state index contributed by atoms with van der Waals surface area (Å²) >= 11 is 9.79. The molecule has 7 nitrogen and oxygen atoms in total. The first-order chi connectivity index (χ1) is 15.3. The minimum Gasteiger partial charge on any atom is -0.486 e. The molecule has 9 heteroatoms. The molecule has 0 fully saturated rings. The maximum atomic E-state index is 11.0. The van der Waals surface area contributed by atoms with Gasteiger partial charge in [-0.25, -0.2) is 4.79 Å². The molecule has 0 saturated carbocycles. The number of carboxylic acids is 1. The SMILES string of the molecule is N#C/C(=C/c1cc(Cl)c(OCc2ccc([N+](=O)[O-])cc2)c(Br)c1)c1ccc(C(=O)O)cc1. The maximum Gasteiger partial charge on any atom is 0.335 e. The average Bonchev–Trinajstić information content (AvgIpc) is 2.77. The summed E-state index contributed by atoms with van der Waals surface area (Å²) in [5.74, 6) is -0.648. The third-order valence-electron chi connectivity index (χ3n) is 4.43. The molecule has 32 heavy (non-hydrogen) atoms. The van der Waals surface area contributed by atoms with Gasteiger partial charge in [0.15, 0.2) is 5.75 Å². The van der Waals surface area contributed by atoms with E-state index >= 15 is 0 Å². The summed E-state index contributed by atoms with van der Waals surface area (Å²) in [6, 6.07) is 17.5. The van der Waals surface area contributed by atoms with E-state index in [0.29, 0.717) is 31.9 Å². The molecule has 0 atom stereocenters. The second-order valence-corrected chi connectivity index (χ2v) is 7.84. The number of nitrogens with zero attached hydrogens (tertiary/aromatic N) is 2. The van der Waals surface area contributed by atoms with Crippen LogP contribution in [0.1, 0.15) is 27.0 Å². The Balaban J connectivity index is 1.80. The van der Waals surface area contributed by atoms with Gasteiger partial charge in [-0.15, -0.1) is 0 Å². The average molecular weight is 514 g/mol. The van der Waals surface area contributed by atoms with Gasteiger partial charge in [-0.2, -0.15) is 5.26 Å². The first-order valence-corrected chi connectivity index (χ1v) is 10.3. The Labute approximate surface area is 196 Å². The summed E-state index contributed by atoms with van der Waals surface area (Å²) in [5.41, 5.74) is 2.41. The molecule has 0 bridgehead atoms. The molecule has 3 aromatic rings. The predicted octanol–water partition coefficient (Wildman–Crippen LogP) is 6.35. The fraction of sp³-hybridized carbons (Fsp3) is 0.0435. The summed E-state index contributed by atoms with van der Waals surface area (Å²) in [5, 5.41) is 29.6. The molecular formula is C23H14BrClN2O5. The molecule has 0 radical (unpaired) electrons. The van der Waals surface area contributed by atoms with E-state index in [1.54, 1.807) is 42.5 Å². The van der Waals surface area contributed by atoms with E-state index in [1.807, 2.05) is 0 Å². The van der Waals surface area contributed by atoms with Crippen molar-refractivity contribution in [2.45, 2.75) is 6.61 Å². The van der Waals surface area contributed by atoms with Gasteiger partial charge >= 0.3 is 5.97 Å². The van der Waals surface area contributed by atoms with Crippen LogP contribution in [0.2, 0.25) is 5.02 Å². The number of hydrogen-bond donors (Lipinski definition) is 1. The standard InChI is InChI=1S/C23H14BrClN2O5/c24-20-10-15(9-18(12-26)16-3-5-17(6-4-16)23(28)29)11-21(25)22(20)32-13-14-1-7-19(8-2-14)27(30)31/h1-11H,13H2,(H,28,29)/b18-9-. The number of carboxylic acid groups (broad SMARTS) is 1. The van der Waals surface area contributed by atoms with Crippen molar-refractivity contribution in [1.29, 1.82) is 5.26 Å². The Morgan fingerprint density at radius 2 is 1.78 bits per heavy atom. The van der Waals surface area contributed by atoms with Gasteiger partial charge < -0.3 is 9.84 Å². The summed E-state index contributed by atoms with van der Waals surface area (Å²) in [7, 11) is 0. The molecule has 0 aliphatic carbocycles. The summed E-state index contributed by atoms with van der Waals surface area (Å²) in [6.45, 7) is 0.158. The van der Waals surface area contributed by atoms with Crippen LogP contribution in [-0.4, -0.2) is 16.0 Å². The molecule has 0 amide bonds. The largest absolute Gasteiger partial charge is 0.486 e. The molecule has 0 aromatic heterocycles. The van der Waals surface area contributed by atoms with Crippen molar-refractivity contribution in [3.63, 3.8) is 0 Å². The Kier molecular flexibility index (Phi) is 7.25. The first kappa shape index (κ1) is 23.0. The van der Waals surface area contributed by atoms with Crippen molar-refractivity contribution < 1.29 is 19.6 Å².